The second kappa shape index (κ2) is 7.08. The van der Waals surface area contributed by atoms with Gasteiger partial charge in [0.1, 0.15) is 0 Å². The zero-order valence-electron chi connectivity index (χ0n) is 11.9. The highest BCUT2D eigenvalue weighted by molar-refractivity contribution is 5.79. The molecule has 4 heteroatoms. The van der Waals surface area contributed by atoms with Gasteiger partial charge in [0.15, 0.2) is 0 Å². The minimum atomic E-state index is -0.204. The van der Waals surface area contributed by atoms with Crippen molar-refractivity contribution in [3.63, 3.8) is 0 Å². The third kappa shape index (κ3) is 3.83. The second-order valence-electron chi connectivity index (χ2n) is 5.19. The fourth-order valence-electron chi connectivity index (χ4n) is 2.59. The molecule has 1 aliphatic heterocycles. The minimum absolute atomic E-state index is 0.141. The summed E-state index contributed by atoms with van der Waals surface area (Å²) in [4.78, 5) is 25.3. The maximum absolute atomic E-state index is 12.1. The molecule has 1 heterocycles. The molecule has 108 valence electrons. The maximum atomic E-state index is 12.1. The number of rotatable bonds is 5. The standard InChI is InChI=1S/C16H21NO3/c1-20-16(19)14-10-11-17(12-14)15(18)9-5-8-13-6-3-2-4-7-13/h2-4,6-7,14H,5,8-12H2,1H3. The third-order valence-corrected chi connectivity index (χ3v) is 3.77. The van der Waals surface area contributed by atoms with Gasteiger partial charge in [-0.1, -0.05) is 30.3 Å². The van der Waals surface area contributed by atoms with Crippen LogP contribution in [0.15, 0.2) is 30.3 Å². The molecule has 1 saturated heterocycles. The molecule has 1 atom stereocenters. The van der Waals surface area contributed by atoms with Crippen LogP contribution in [0.3, 0.4) is 0 Å². The Kier molecular flexibility index (Phi) is 5.16. The first kappa shape index (κ1) is 14.6. The van der Waals surface area contributed by atoms with Crippen LogP contribution >= 0.6 is 0 Å². The van der Waals surface area contributed by atoms with Gasteiger partial charge in [-0.15, -0.1) is 0 Å². The molecular weight excluding hydrogens is 254 g/mol. The summed E-state index contributed by atoms with van der Waals surface area (Å²) >= 11 is 0. The van der Waals surface area contributed by atoms with Gasteiger partial charge in [0.2, 0.25) is 5.91 Å². The second-order valence-corrected chi connectivity index (χ2v) is 5.19. The topological polar surface area (TPSA) is 46.6 Å². The summed E-state index contributed by atoms with van der Waals surface area (Å²) in [6, 6.07) is 10.2. The lowest BCUT2D eigenvalue weighted by atomic mass is 10.1. The maximum Gasteiger partial charge on any atom is 0.310 e. The monoisotopic (exact) mass is 275 g/mol. The number of benzene rings is 1. The number of carbonyl (C=O) groups is 2. The number of nitrogens with zero attached hydrogens (tertiary/aromatic N) is 1. The highest BCUT2D eigenvalue weighted by atomic mass is 16.5. The lowest BCUT2D eigenvalue weighted by Gasteiger charge is -2.16. The number of hydrogen-bond donors (Lipinski definition) is 0. The molecule has 1 aromatic rings. The zero-order chi connectivity index (χ0) is 14.4. The minimum Gasteiger partial charge on any atom is -0.469 e. The molecular formula is C16H21NO3. The van der Waals surface area contributed by atoms with Crippen LogP contribution in [0.5, 0.6) is 0 Å². The molecule has 1 aromatic carbocycles. The number of amides is 1. The molecule has 1 fully saturated rings. The fourth-order valence-corrected chi connectivity index (χ4v) is 2.59. The van der Waals surface area contributed by atoms with Crippen LogP contribution in [0.25, 0.3) is 0 Å². The number of aryl methyl sites for hydroxylation is 1. The van der Waals surface area contributed by atoms with Gasteiger partial charge in [-0.05, 0) is 24.8 Å². The summed E-state index contributed by atoms with van der Waals surface area (Å²) in [7, 11) is 1.40. The van der Waals surface area contributed by atoms with E-state index in [1.165, 1.54) is 12.7 Å². The Balaban J connectivity index is 1.72. The lowest BCUT2D eigenvalue weighted by molar-refractivity contribution is -0.145. The Morgan fingerprint density at radius 2 is 2.05 bits per heavy atom. The van der Waals surface area contributed by atoms with Crippen molar-refractivity contribution < 1.29 is 14.3 Å². The van der Waals surface area contributed by atoms with E-state index >= 15 is 0 Å². The molecule has 0 spiro atoms. The van der Waals surface area contributed by atoms with Crippen molar-refractivity contribution in [2.45, 2.75) is 25.7 Å². The van der Waals surface area contributed by atoms with E-state index in [-0.39, 0.29) is 17.8 Å². The highest BCUT2D eigenvalue weighted by Gasteiger charge is 2.31. The summed E-state index contributed by atoms with van der Waals surface area (Å²) < 4.78 is 4.72. The average molecular weight is 275 g/mol. The normalized spacial score (nSPS) is 18.1. The van der Waals surface area contributed by atoms with Crippen LogP contribution < -0.4 is 0 Å². The van der Waals surface area contributed by atoms with Crippen LogP contribution in [0.2, 0.25) is 0 Å². The van der Waals surface area contributed by atoms with Crippen molar-refractivity contribution in [2.75, 3.05) is 20.2 Å². The Hall–Kier alpha value is -1.84. The van der Waals surface area contributed by atoms with E-state index in [1.807, 2.05) is 18.2 Å². The Morgan fingerprint density at radius 1 is 1.30 bits per heavy atom. The lowest BCUT2D eigenvalue weighted by Crippen LogP contribution is -2.30. The number of hydrogen-bond acceptors (Lipinski definition) is 3. The largest absolute Gasteiger partial charge is 0.469 e. The van der Waals surface area contributed by atoms with Crippen LogP contribution in [-0.4, -0.2) is 37.0 Å². The van der Waals surface area contributed by atoms with Crippen LogP contribution in [0, 0.1) is 5.92 Å². The van der Waals surface area contributed by atoms with Crippen molar-refractivity contribution in [1.29, 1.82) is 0 Å². The van der Waals surface area contributed by atoms with Crippen LogP contribution in [0.4, 0.5) is 0 Å². The first-order valence-electron chi connectivity index (χ1n) is 7.10. The molecule has 20 heavy (non-hydrogen) atoms. The summed E-state index contributed by atoms with van der Waals surface area (Å²) in [6.45, 7) is 1.18. The molecule has 4 nitrogen and oxygen atoms in total. The number of methoxy groups -OCH3 is 1. The fraction of sp³-hybridized carbons (Fsp3) is 0.500. The van der Waals surface area contributed by atoms with E-state index in [1.54, 1.807) is 4.90 Å². The van der Waals surface area contributed by atoms with E-state index in [9.17, 15) is 9.59 Å². The quantitative estimate of drug-likeness (QED) is 0.772. The molecule has 1 unspecified atom stereocenters. The van der Waals surface area contributed by atoms with Gasteiger partial charge in [0.05, 0.1) is 13.0 Å². The first-order chi connectivity index (χ1) is 9.70. The molecule has 0 aliphatic carbocycles. The molecule has 2 rings (SSSR count). The summed E-state index contributed by atoms with van der Waals surface area (Å²) in [5.41, 5.74) is 1.26. The van der Waals surface area contributed by atoms with Gasteiger partial charge in [0.25, 0.3) is 0 Å². The summed E-state index contributed by atoms with van der Waals surface area (Å²) in [5, 5.41) is 0. The van der Waals surface area contributed by atoms with Crippen LogP contribution in [-0.2, 0) is 20.7 Å². The average Bonchev–Trinajstić information content (AvgIpc) is 2.97. The van der Waals surface area contributed by atoms with E-state index in [2.05, 4.69) is 12.1 Å². The Labute approximate surface area is 119 Å². The SMILES string of the molecule is COC(=O)C1CCN(C(=O)CCCc2ccccc2)C1. The van der Waals surface area contributed by atoms with Crippen molar-refractivity contribution in [1.82, 2.24) is 4.90 Å². The molecule has 0 radical (unpaired) electrons. The molecule has 1 aliphatic rings. The molecule has 0 saturated carbocycles. The number of carbonyl (C=O) groups excluding carboxylic acids is 2. The number of ether oxygens (including phenoxy) is 1. The van der Waals surface area contributed by atoms with E-state index in [0.717, 1.165) is 19.3 Å². The molecule has 1 amide bonds. The van der Waals surface area contributed by atoms with Crippen molar-refractivity contribution in [2.24, 2.45) is 5.92 Å². The molecule has 0 N–H and O–H groups in total. The Morgan fingerprint density at radius 3 is 2.75 bits per heavy atom. The Bertz CT molecular complexity index is 458. The van der Waals surface area contributed by atoms with E-state index < -0.39 is 0 Å². The van der Waals surface area contributed by atoms with Crippen molar-refractivity contribution >= 4 is 11.9 Å². The predicted octanol–water partition coefficient (Wildman–Crippen LogP) is 2.03. The van der Waals surface area contributed by atoms with Gasteiger partial charge in [-0.2, -0.15) is 0 Å². The molecule has 0 bridgehead atoms. The van der Waals surface area contributed by atoms with E-state index in [4.69, 9.17) is 4.74 Å². The van der Waals surface area contributed by atoms with Gasteiger partial charge < -0.3 is 9.64 Å². The van der Waals surface area contributed by atoms with Gasteiger partial charge in [-0.25, -0.2) is 0 Å². The first-order valence-corrected chi connectivity index (χ1v) is 7.10. The zero-order valence-corrected chi connectivity index (χ0v) is 11.9. The van der Waals surface area contributed by atoms with Crippen molar-refractivity contribution in [3.05, 3.63) is 35.9 Å². The van der Waals surface area contributed by atoms with E-state index in [0.29, 0.717) is 19.5 Å². The van der Waals surface area contributed by atoms with Gasteiger partial charge in [0, 0.05) is 19.5 Å². The number of likely N-dealkylation sites (tertiary alicyclic amines) is 1. The smallest absolute Gasteiger partial charge is 0.310 e. The van der Waals surface area contributed by atoms with Gasteiger partial charge >= 0.3 is 5.97 Å². The highest BCUT2D eigenvalue weighted by Crippen LogP contribution is 2.19. The van der Waals surface area contributed by atoms with Gasteiger partial charge in [-0.3, -0.25) is 9.59 Å². The molecule has 0 aromatic heterocycles. The summed E-state index contributed by atoms with van der Waals surface area (Å²) in [6.07, 6.45) is 3.03. The van der Waals surface area contributed by atoms with Crippen LogP contribution in [0.1, 0.15) is 24.8 Å². The van der Waals surface area contributed by atoms with Crippen molar-refractivity contribution in [3.8, 4) is 0 Å². The predicted molar refractivity (Wildman–Crippen MR) is 76.1 cm³/mol. The summed E-state index contributed by atoms with van der Waals surface area (Å²) in [5.74, 6) is -0.199. The number of esters is 1. The third-order valence-electron chi connectivity index (χ3n) is 3.77.